The molecular formula is C39H59N5O7. The minimum absolute atomic E-state index is 0.122. The molecule has 12 heteroatoms. The number of carbonyl (C=O) groups is 4. The fourth-order valence-electron chi connectivity index (χ4n) is 5.72. The van der Waals surface area contributed by atoms with Gasteiger partial charge in [-0.25, -0.2) is 9.59 Å². The Morgan fingerprint density at radius 1 is 0.725 bits per heavy atom. The van der Waals surface area contributed by atoms with Gasteiger partial charge in [-0.2, -0.15) is 0 Å². The van der Waals surface area contributed by atoms with Crippen LogP contribution in [-0.4, -0.2) is 65.9 Å². The van der Waals surface area contributed by atoms with E-state index >= 15 is 0 Å². The summed E-state index contributed by atoms with van der Waals surface area (Å²) in [6.07, 6.45) is 9.31. The van der Waals surface area contributed by atoms with Crippen LogP contribution in [0.2, 0.25) is 0 Å². The summed E-state index contributed by atoms with van der Waals surface area (Å²) in [7, 11) is 0. The Kier molecular flexibility index (Phi) is 16.5. The number of nitrogens with zero attached hydrogens (tertiary/aromatic N) is 1. The molecule has 1 atom stereocenters. The van der Waals surface area contributed by atoms with E-state index in [1.165, 1.54) is 0 Å². The van der Waals surface area contributed by atoms with Gasteiger partial charge in [0, 0.05) is 44.4 Å². The zero-order valence-corrected chi connectivity index (χ0v) is 31.3. The average molecular weight is 710 g/mol. The largest absolute Gasteiger partial charge is 0.489 e. The van der Waals surface area contributed by atoms with Gasteiger partial charge >= 0.3 is 12.2 Å². The van der Waals surface area contributed by atoms with Crippen LogP contribution in [0.4, 0.5) is 9.59 Å². The fourth-order valence-corrected chi connectivity index (χ4v) is 5.72. The highest BCUT2D eigenvalue weighted by Crippen LogP contribution is 2.29. The van der Waals surface area contributed by atoms with Gasteiger partial charge in [0.15, 0.2) is 0 Å². The second-order valence-corrected chi connectivity index (χ2v) is 15.3. The van der Waals surface area contributed by atoms with Crippen molar-refractivity contribution in [2.75, 3.05) is 19.6 Å². The van der Waals surface area contributed by atoms with Crippen LogP contribution in [-0.2, 0) is 32.1 Å². The van der Waals surface area contributed by atoms with E-state index in [9.17, 15) is 19.2 Å². The summed E-state index contributed by atoms with van der Waals surface area (Å²) in [5, 5.41) is 11.7. The van der Waals surface area contributed by atoms with Gasteiger partial charge in [-0.15, -0.1) is 0 Å². The smallest absolute Gasteiger partial charge is 0.407 e. The first-order valence-corrected chi connectivity index (χ1v) is 18.3. The van der Waals surface area contributed by atoms with Gasteiger partial charge < -0.3 is 35.5 Å². The monoisotopic (exact) mass is 709 g/mol. The van der Waals surface area contributed by atoms with E-state index in [2.05, 4.69) is 26.3 Å². The lowest BCUT2D eigenvalue weighted by molar-refractivity contribution is -0.131. The maximum Gasteiger partial charge on any atom is 0.407 e. The molecule has 0 bridgehead atoms. The van der Waals surface area contributed by atoms with Crippen LogP contribution in [0.5, 0.6) is 5.75 Å². The number of hydrogen-bond acceptors (Lipinski definition) is 8. The molecule has 3 rings (SSSR count). The summed E-state index contributed by atoms with van der Waals surface area (Å²) in [6.45, 7) is 12.9. The number of unbranched alkanes of at least 4 members (excludes halogenated alkanes) is 3. The van der Waals surface area contributed by atoms with Crippen LogP contribution in [0.25, 0.3) is 0 Å². The first-order valence-electron chi connectivity index (χ1n) is 18.3. The van der Waals surface area contributed by atoms with Crippen molar-refractivity contribution in [1.82, 2.24) is 26.3 Å². The van der Waals surface area contributed by atoms with E-state index in [1.807, 2.05) is 77.9 Å². The van der Waals surface area contributed by atoms with Crippen molar-refractivity contribution in [3.8, 4) is 5.75 Å². The molecule has 0 unspecified atom stereocenters. The van der Waals surface area contributed by atoms with Gasteiger partial charge in [0.2, 0.25) is 11.8 Å². The average Bonchev–Trinajstić information content (AvgIpc) is 3.07. The van der Waals surface area contributed by atoms with Crippen molar-refractivity contribution in [2.24, 2.45) is 11.8 Å². The van der Waals surface area contributed by atoms with Gasteiger partial charge in [-0.1, -0.05) is 25.0 Å². The lowest BCUT2D eigenvalue weighted by atomic mass is 9.81. The third-order valence-electron chi connectivity index (χ3n) is 8.37. The second kappa shape index (κ2) is 20.5. The lowest BCUT2D eigenvalue weighted by Crippen LogP contribution is -2.50. The standard InChI is InChI=1S/C39H59N5O7/c1-38(2,3)50-36(47)42-22-10-8-7-9-21-41-35(46)33(25-28-13-17-32(18-14-28)49-27-30-19-23-40-24-20-30)44-34(45)31-15-11-29(12-16-31)26-43-37(48)51-39(4,5)6/h13-14,17-20,23-24,29,31,33H,7-12,15-16,21-22,25-27H2,1-6H3,(H,41,46)(H,42,47)(H,43,48)(H,44,45)/t29?,31?,33-/m0/s1. The molecule has 282 valence electrons. The second-order valence-electron chi connectivity index (χ2n) is 15.3. The normalized spacial score (nSPS) is 16.7. The Morgan fingerprint density at radius 2 is 1.29 bits per heavy atom. The molecule has 12 nitrogen and oxygen atoms in total. The molecule has 4 amide bonds. The van der Waals surface area contributed by atoms with E-state index in [0.29, 0.717) is 51.3 Å². The molecular weight excluding hydrogens is 650 g/mol. The molecule has 0 saturated heterocycles. The molecule has 1 saturated carbocycles. The molecule has 2 aromatic rings. The van der Waals surface area contributed by atoms with Crippen LogP contribution in [0.15, 0.2) is 48.8 Å². The van der Waals surface area contributed by atoms with Crippen molar-refractivity contribution in [2.45, 2.75) is 123 Å². The third kappa shape index (κ3) is 17.4. The third-order valence-corrected chi connectivity index (χ3v) is 8.37. The number of alkyl carbamates (subject to hydrolysis) is 2. The number of pyridine rings is 1. The Bertz CT molecular complexity index is 1370. The fraction of sp³-hybridized carbons (Fsp3) is 0.615. The Balaban J connectivity index is 1.49. The molecule has 51 heavy (non-hydrogen) atoms. The molecule has 1 aliphatic carbocycles. The summed E-state index contributed by atoms with van der Waals surface area (Å²) < 4.78 is 16.5. The molecule has 0 spiro atoms. The number of aromatic nitrogens is 1. The van der Waals surface area contributed by atoms with E-state index in [-0.39, 0.29) is 23.7 Å². The number of nitrogens with one attached hydrogen (secondary N) is 4. The molecule has 1 aromatic carbocycles. The van der Waals surface area contributed by atoms with Crippen LogP contribution < -0.4 is 26.0 Å². The predicted octanol–water partition coefficient (Wildman–Crippen LogP) is 6.22. The number of amides is 4. The molecule has 1 aliphatic rings. The van der Waals surface area contributed by atoms with Crippen molar-refractivity contribution < 1.29 is 33.4 Å². The molecule has 1 fully saturated rings. The highest BCUT2D eigenvalue weighted by Gasteiger charge is 2.30. The number of hydrogen-bond donors (Lipinski definition) is 4. The van der Waals surface area contributed by atoms with Crippen LogP contribution >= 0.6 is 0 Å². The minimum atomic E-state index is -0.731. The number of rotatable bonds is 17. The van der Waals surface area contributed by atoms with Gasteiger partial charge in [0.05, 0.1) is 0 Å². The summed E-state index contributed by atoms with van der Waals surface area (Å²) >= 11 is 0. The highest BCUT2D eigenvalue weighted by molar-refractivity contribution is 5.88. The molecule has 1 aromatic heterocycles. The maximum absolute atomic E-state index is 13.5. The van der Waals surface area contributed by atoms with E-state index in [4.69, 9.17) is 14.2 Å². The SMILES string of the molecule is CC(C)(C)OC(=O)NCCCCCCNC(=O)[C@H](Cc1ccc(OCc2ccncc2)cc1)NC(=O)C1CCC(CNC(=O)OC(C)(C)C)CC1. The quantitative estimate of drug-likeness (QED) is 0.141. The zero-order valence-electron chi connectivity index (χ0n) is 31.3. The molecule has 0 radical (unpaired) electrons. The van der Waals surface area contributed by atoms with Gasteiger partial charge in [0.25, 0.3) is 0 Å². The van der Waals surface area contributed by atoms with Gasteiger partial charge in [-0.3, -0.25) is 14.6 Å². The molecule has 4 N–H and O–H groups in total. The van der Waals surface area contributed by atoms with E-state index in [0.717, 1.165) is 49.7 Å². The number of carbonyl (C=O) groups excluding carboxylic acids is 4. The number of benzene rings is 1. The molecule has 1 heterocycles. The van der Waals surface area contributed by atoms with Gasteiger partial charge in [-0.05, 0) is 121 Å². The van der Waals surface area contributed by atoms with Crippen molar-refractivity contribution in [3.05, 3.63) is 59.9 Å². The predicted molar refractivity (Wildman–Crippen MR) is 196 cm³/mol. The molecule has 0 aliphatic heterocycles. The van der Waals surface area contributed by atoms with E-state index < -0.39 is 29.4 Å². The summed E-state index contributed by atoms with van der Waals surface area (Å²) in [5.41, 5.74) is 0.835. The summed E-state index contributed by atoms with van der Waals surface area (Å²) in [5.74, 6) is 0.441. The first-order chi connectivity index (χ1) is 24.2. The Hall–Kier alpha value is -4.35. The summed E-state index contributed by atoms with van der Waals surface area (Å²) in [4.78, 5) is 54.8. The van der Waals surface area contributed by atoms with Gasteiger partial charge in [0.1, 0.15) is 29.6 Å². The van der Waals surface area contributed by atoms with Crippen LogP contribution in [0.1, 0.15) is 104 Å². The van der Waals surface area contributed by atoms with E-state index in [1.54, 1.807) is 12.4 Å². The Morgan fingerprint density at radius 3 is 1.88 bits per heavy atom. The van der Waals surface area contributed by atoms with Crippen molar-refractivity contribution in [3.63, 3.8) is 0 Å². The van der Waals surface area contributed by atoms with Crippen LogP contribution in [0.3, 0.4) is 0 Å². The highest BCUT2D eigenvalue weighted by atomic mass is 16.6. The Labute approximate surface area is 303 Å². The summed E-state index contributed by atoms with van der Waals surface area (Å²) in [6, 6.07) is 10.7. The van der Waals surface area contributed by atoms with Crippen molar-refractivity contribution in [1.29, 1.82) is 0 Å². The first kappa shape index (κ1) is 41.1. The zero-order chi connectivity index (χ0) is 37.3. The lowest BCUT2D eigenvalue weighted by Gasteiger charge is -2.29. The van der Waals surface area contributed by atoms with Crippen molar-refractivity contribution >= 4 is 24.0 Å². The topological polar surface area (TPSA) is 157 Å². The van der Waals surface area contributed by atoms with Crippen LogP contribution in [0, 0.1) is 11.8 Å². The number of ether oxygens (including phenoxy) is 3. The minimum Gasteiger partial charge on any atom is -0.489 e. The maximum atomic E-state index is 13.5.